The molecular formula is C18H20F2N6. The van der Waals surface area contributed by atoms with Gasteiger partial charge in [0.25, 0.3) is 0 Å². The van der Waals surface area contributed by atoms with Crippen LogP contribution in [0.4, 0.5) is 8.78 Å². The number of aromatic nitrogens is 3. The Labute approximate surface area is 150 Å². The fraction of sp³-hybridized carbons (Fsp3) is 0.278. The molecule has 0 saturated carbocycles. The number of pyridine rings is 1. The van der Waals surface area contributed by atoms with E-state index >= 15 is 0 Å². The summed E-state index contributed by atoms with van der Waals surface area (Å²) in [5.74, 6) is 0.195. The van der Waals surface area contributed by atoms with E-state index in [0.29, 0.717) is 37.6 Å². The molecule has 0 atom stereocenters. The lowest BCUT2D eigenvalue weighted by molar-refractivity contribution is 0.579. The van der Waals surface area contributed by atoms with Crippen molar-refractivity contribution >= 4 is 11.6 Å². The minimum Gasteiger partial charge on any atom is -0.357 e. The van der Waals surface area contributed by atoms with E-state index in [2.05, 4.69) is 25.8 Å². The number of halogens is 2. The topological polar surface area (TPSA) is 66.6 Å². The fourth-order valence-electron chi connectivity index (χ4n) is 2.57. The standard InChI is InChI=1S/C18H20F2N6/c1-2-21-18(22-7-6-13-9-14(19)11-15(20)10-13)23-12-17-25-24-16-5-3-4-8-26(16)17/h3-5,8-11H,2,6-7,12H2,1H3,(H2,21,22,23). The van der Waals surface area contributed by atoms with E-state index in [1.807, 2.05) is 35.7 Å². The molecule has 0 amide bonds. The summed E-state index contributed by atoms with van der Waals surface area (Å²) in [6.07, 6.45) is 2.37. The second-order valence-corrected chi connectivity index (χ2v) is 5.69. The van der Waals surface area contributed by atoms with Crippen LogP contribution in [0.25, 0.3) is 5.65 Å². The van der Waals surface area contributed by atoms with Gasteiger partial charge in [-0.05, 0) is 43.2 Å². The summed E-state index contributed by atoms with van der Waals surface area (Å²) in [6.45, 7) is 3.51. The SMILES string of the molecule is CCNC(=NCc1nnc2ccccn12)NCCc1cc(F)cc(F)c1. The van der Waals surface area contributed by atoms with Crippen molar-refractivity contribution in [2.75, 3.05) is 13.1 Å². The number of hydrogen-bond acceptors (Lipinski definition) is 3. The van der Waals surface area contributed by atoms with E-state index in [9.17, 15) is 8.78 Å². The van der Waals surface area contributed by atoms with Crippen molar-refractivity contribution in [3.63, 3.8) is 0 Å². The Hall–Kier alpha value is -3.03. The van der Waals surface area contributed by atoms with Gasteiger partial charge in [-0.3, -0.25) is 4.40 Å². The van der Waals surface area contributed by atoms with Crippen molar-refractivity contribution in [3.8, 4) is 0 Å². The summed E-state index contributed by atoms with van der Waals surface area (Å²) in [5, 5.41) is 14.5. The summed E-state index contributed by atoms with van der Waals surface area (Å²) in [4.78, 5) is 4.50. The van der Waals surface area contributed by atoms with Gasteiger partial charge in [0.05, 0.1) is 0 Å². The van der Waals surface area contributed by atoms with Crippen molar-refractivity contribution in [1.29, 1.82) is 0 Å². The molecule has 3 rings (SSSR count). The Balaban J connectivity index is 1.62. The van der Waals surface area contributed by atoms with Crippen LogP contribution in [0.1, 0.15) is 18.3 Å². The van der Waals surface area contributed by atoms with E-state index in [-0.39, 0.29) is 0 Å². The summed E-state index contributed by atoms with van der Waals surface area (Å²) in [5.41, 5.74) is 1.36. The summed E-state index contributed by atoms with van der Waals surface area (Å²) >= 11 is 0. The molecule has 136 valence electrons. The maximum absolute atomic E-state index is 13.2. The number of rotatable bonds is 6. The first kappa shape index (κ1) is 17.8. The maximum Gasteiger partial charge on any atom is 0.191 e. The molecule has 0 spiro atoms. The molecular weight excluding hydrogens is 338 g/mol. The average molecular weight is 358 g/mol. The van der Waals surface area contributed by atoms with E-state index in [0.717, 1.165) is 17.5 Å². The normalized spacial score (nSPS) is 11.7. The van der Waals surface area contributed by atoms with Crippen LogP contribution in [-0.4, -0.2) is 33.6 Å². The Bertz CT molecular complexity index is 885. The van der Waals surface area contributed by atoms with Gasteiger partial charge in [0.15, 0.2) is 17.4 Å². The van der Waals surface area contributed by atoms with Gasteiger partial charge in [-0.15, -0.1) is 10.2 Å². The molecule has 8 heteroatoms. The fourth-order valence-corrected chi connectivity index (χ4v) is 2.57. The molecule has 0 aliphatic rings. The molecule has 0 fully saturated rings. The van der Waals surface area contributed by atoms with Crippen molar-refractivity contribution in [2.45, 2.75) is 19.9 Å². The van der Waals surface area contributed by atoms with Crippen molar-refractivity contribution < 1.29 is 8.78 Å². The van der Waals surface area contributed by atoms with Crippen LogP contribution in [-0.2, 0) is 13.0 Å². The lowest BCUT2D eigenvalue weighted by Gasteiger charge is -2.11. The van der Waals surface area contributed by atoms with Gasteiger partial charge in [-0.1, -0.05) is 6.07 Å². The Morgan fingerprint density at radius 2 is 1.92 bits per heavy atom. The first-order chi connectivity index (χ1) is 12.7. The highest BCUT2D eigenvalue weighted by Crippen LogP contribution is 2.08. The molecule has 0 aliphatic carbocycles. The summed E-state index contributed by atoms with van der Waals surface area (Å²) < 4.78 is 28.3. The van der Waals surface area contributed by atoms with Crippen LogP contribution in [0, 0.1) is 11.6 Å². The van der Waals surface area contributed by atoms with Gasteiger partial charge in [0.1, 0.15) is 18.2 Å². The number of nitrogens with one attached hydrogen (secondary N) is 2. The van der Waals surface area contributed by atoms with Gasteiger partial charge in [-0.2, -0.15) is 0 Å². The van der Waals surface area contributed by atoms with Crippen molar-refractivity contribution in [2.24, 2.45) is 4.99 Å². The number of nitrogens with zero attached hydrogens (tertiary/aromatic N) is 4. The predicted molar refractivity (Wildman–Crippen MR) is 95.9 cm³/mol. The number of fused-ring (bicyclic) bond motifs is 1. The lowest BCUT2D eigenvalue weighted by Crippen LogP contribution is -2.38. The largest absolute Gasteiger partial charge is 0.357 e. The molecule has 2 heterocycles. The van der Waals surface area contributed by atoms with Gasteiger partial charge in [-0.25, -0.2) is 13.8 Å². The molecule has 0 aliphatic heterocycles. The Morgan fingerprint density at radius 1 is 1.12 bits per heavy atom. The highest BCUT2D eigenvalue weighted by molar-refractivity contribution is 5.79. The van der Waals surface area contributed by atoms with Crippen molar-refractivity contribution in [1.82, 2.24) is 25.2 Å². The summed E-state index contributed by atoms with van der Waals surface area (Å²) in [7, 11) is 0. The monoisotopic (exact) mass is 358 g/mol. The molecule has 0 radical (unpaired) electrons. The van der Waals surface area contributed by atoms with E-state index in [1.54, 1.807) is 0 Å². The van der Waals surface area contributed by atoms with E-state index in [4.69, 9.17) is 0 Å². The third-order valence-corrected chi connectivity index (χ3v) is 3.74. The van der Waals surface area contributed by atoms with Gasteiger partial charge in [0.2, 0.25) is 0 Å². The molecule has 1 aromatic carbocycles. The van der Waals surface area contributed by atoms with Crippen LogP contribution < -0.4 is 10.6 Å². The van der Waals surface area contributed by atoms with Crippen LogP contribution >= 0.6 is 0 Å². The van der Waals surface area contributed by atoms with E-state index < -0.39 is 11.6 Å². The maximum atomic E-state index is 13.2. The zero-order valence-electron chi connectivity index (χ0n) is 14.4. The van der Waals surface area contributed by atoms with E-state index in [1.165, 1.54) is 12.1 Å². The Morgan fingerprint density at radius 3 is 2.69 bits per heavy atom. The first-order valence-corrected chi connectivity index (χ1v) is 8.41. The zero-order valence-corrected chi connectivity index (χ0v) is 14.4. The molecule has 2 aromatic heterocycles. The lowest BCUT2D eigenvalue weighted by atomic mass is 10.1. The molecule has 0 saturated heterocycles. The molecule has 26 heavy (non-hydrogen) atoms. The number of hydrogen-bond donors (Lipinski definition) is 2. The third-order valence-electron chi connectivity index (χ3n) is 3.74. The highest BCUT2D eigenvalue weighted by Gasteiger charge is 2.05. The number of benzene rings is 1. The number of guanidine groups is 1. The molecule has 6 nitrogen and oxygen atoms in total. The zero-order chi connectivity index (χ0) is 18.4. The Kier molecular flexibility index (Phi) is 5.73. The van der Waals surface area contributed by atoms with Gasteiger partial charge < -0.3 is 10.6 Å². The van der Waals surface area contributed by atoms with Crippen LogP contribution in [0.5, 0.6) is 0 Å². The average Bonchev–Trinajstić information content (AvgIpc) is 3.02. The third kappa shape index (κ3) is 4.53. The van der Waals surface area contributed by atoms with Gasteiger partial charge in [0, 0.05) is 25.4 Å². The molecule has 0 bridgehead atoms. The minimum absolute atomic E-state index is 0.356. The first-order valence-electron chi connectivity index (χ1n) is 8.41. The van der Waals surface area contributed by atoms with Crippen LogP contribution in [0.15, 0.2) is 47.6 Å². The number of aliphatic imine (C=N–C) groups is 1. The molecule has 2 N–H and O–H groups in total. The second-order valence-electron chi connectivity index (χ2n) is 5.69. The van der Waals surface area contributed by atoms with Crippen LogP contribution in [0.3, 0.4) is 0 Å². The summed E-state index contributed by atoms with van der Waals surface area (Å²) in [6, 6.07) is 9.21. The highest BCUT2D eigenvalue weighted by atomic mass is 19.1. The van der Waals surface area contributed by atoms with Crippen molar-refractivity contribution in [3.05, 3.63) is 65.6 Å². The van der Waals surface area contributed by atoms with Gasteiger partial charge >= 0.3 is 0 Å². The quantitative estimate of drug-likeness (QED) is 0.524. The van der Waals surface area contributed by atoms with Crippen LogP contribution in [0.2, 0.25) is 0 Å². The minimum atomic E-state index is -0.570. The smallest absolute Gasteiger partial charge is 0.191 e. The molecule has 3 aromatic rings. The molecule has 0 unspecified atom stereocenters. The predicted octanol–water partition coefficient (Wildman–Crippen LogP) is 2.31. The second kappa shape index (κ2) is 8.37.